The Labute approximate surface area is 124 Å². The maximum absolute atomic E-state index is 12.4. The van der Waals surface area contributed by atoms with Gasteiger partial charge in [0, 0.05) is 12.3 Å². The van der Waals surface area contributed by atoms with Crippen LogP contribution in [0.1, 0.15) is 30.8 Å². The summed E-state index contributed by atoms with van der Waals surface area (Å²) in [4.78, 5) is 51.7. The van der Waals surface area contributed by atoms with Gasteiger partial charge in [-0.1, -0.05) is 6.92 Å². The van der Waals surface area contributed by atoms with Crippen LogP contribution in [-0.4, -0.2) is 46.1 Å². The van der Waals surface area contributed by atoms with Gasteiger partial charge in [-0.25, -0.2) is 4.98 Å². The van der Waals surface area contributed by atoms with Crippen molar-refractivity contribution in [1.82, 2.24) is 15.2 Å². The van der Waals surface area contributed by atoms with Crippen LogP contribution in [0.5, 0.6) is 0 Å². The van der Waals surface area contributed by atoms with Crippen LogP contribution < -0.4 is 10.6 Å². The van der Waals surface area contributed by atoms with Crippen molar-refractivity contribution < 1.29 is 19.2 Å². The minimum atomic E-state index is -0.693. The summed E-state index contributed by atoms with van der Waals surface area (Å²) in [5.41, 5.74) is 0.102. The largest absolute Gasteiger partial charge is 0.316 e. The number of amides is 4. The van der Waals surface area contributed by atoms with E-state index >= 15 is 0 Å². The van der Waals surface area contributed by atoms with E-state index in [1.165, 1.54) is 17.2 Å². The standard InChI is InChI=1S/C12H14N4O4S/c1-3-8-10(19)15-9(18)4-16(8)11(20)7-5-21-12(14-7)13-6(2)17/h5,8H,3-4H2,1-2H3,(H,13,14,17)(H,15,18,19). The summed E-state index contributed by atoms with van der Waals surface area (Å²) in [6.07, 6.45) is 0.396. The molecule has 1 aliphatic rings. The van der Waals surface area contributed by atoms with Crippen LogP contribution in [0.2, 0.25) is 0 Å². The molecule has 0 radical (unpaired) electrons. The summed E-state index contributed by atoms with van der Waals surface area (Å²) in [6.45, 7) is 2.91. The van der Waals surface area contributed by atoms with Crippen molar-refractivity contribution in [3.05, 3.63) is 11.1 Å². The van der Waals surface area contributed by atoms with Gasteiger partial charge in [-0.2, -0.15) is 0 Å². The molecular formula is C12H14N4O4S. The molecule has 1 aromatic heterocycles. The number of nitrogens with zero attached hydrogens (tertiary/aromatic N) is 2. The number of hydrogen-bond acceptors (Lipinski definition) is 6. The van der Waals surface area contributed by atoms with E-state index in [0.29, 0.717) is 11.6 Å². The van der Waals surface area contributed by atoms with Crippen molar-refractivity contribution in [1.29, 1.82) is 0 Å². The molecule has 8 nitrogen and oxygen atoms in total. The van der Waals surface area contributed by atoms with Gasteiger partial charge >= 0.3 is 0 Å². The maximum Gasteiger partial charge on any atom is 0.274 e. The number of carbonyl (C=O) groups excluding carboxylic acids is 4. The van der Waals surface area contributed by atoms with Gasteiger partial charge < -0.3 is 10.2 Å². The first-order valence-corrected chi connectivity index (χ1v) is 7.18. The molecule has 1 unspecified atom stereocenters. The fourth-order valence-corrected chi connectivity index (χ4v) is 2.74. The third kappa shape index (κ3) is 3.24. The Bertz CT molecular complexity index is 612. The van der Waals surface area contributed by atoms with Gasteiger partial charge in [0.1, 0.15) is 18.3 Å². The van der Waals surface area contributed by atoms with E-state index in [-0.39, 0.29) is 18.1 Å². The molecule has 0 saturated carbocycles. The molecule has 1 fully saturated rings. The summed E-state index contributed by atoms with van der Waals surface area (Å²) in [5.74, 6) is -1.80. The fourth-order valence-electron chi connectivity index (χ4n) is 2.01. The van der Waals surface area contributed by atoms with E-state index in [1.807, 2.05) is 0 Å². The quantitative estimate of drug-likeness (QED) is 0.763. The average molecular weight is 310 g/mol. The van der Waals surface area contributed by atoms with Crippen molar-refractivity contribution in [2.45, 2.75) is 26.3 Å². The Kier molecular flexibility index (Phi) is 4.32. The second-order valence-corrected chi connectivity index (χ2v) is 5.35. The van der Waals surface area contributed by atoms with Crippen molar-refractivity contribution in [2.24, 2.45) is 0 Å². The Hall–Kier alpha value is -2.29. The normalized spacial score (nSPS) is 18.4. The molecule has 0 aromatic carbocycles. The van der Waals surface area contributed by atoms with Gasteiger partial charge in [-0.3, -0.25) is 24.5 Å². The number of hydrogen-bond donors (Lipinski definition) is 2. The van der Waals surface area contributed by atoms with Crippen molar-refractivity contribution >= 4 is 40.1 Å². The summed E-state index contributed by atoms with van der Waals surface area (Å²) in [7, 11) is 0. The number of nitrogens with one attached hydrogen (secondary N) is 2. The van der Waals surface area contributed by atoms with Gasteiger partial charge in [-0.05, 0) is 6.42 Å². The third-order valence-electron chi connectivity index (χ3n) is 2.91. The molecule has 1 aliphatic heterocycles. The first-order chi connectivity index (χ1) is 9.92. The number of carbonyl (C=O) groups is 4. The number of piperazine rings is 1. The molecular weight excluding hydrogens is 296 g/mol. The second kappa shape index (κ2) is 6.00. The van der Waals surface area contributed by atoms with Crippen molar-refractivity contribution in [2.75, 3.05) is 11.9 Å². The van der Waals surface area contributed by atoms with Crippen LogP contribution in [0.25, 0.3) is 0 Å². The van der Waals surface area contributed by atoms with E-state index in [1.54, 1.807) is 6.92 Å². The lowest BCUT2D eigenvalue weighted by Gasteiger charge is -2.32. The van der Waals surface area contributed by atoms with Gasteiger partial charge in [0.05, 0.1) is 0 Å². The van der Waals surface area contributed by atoms with Crippen molar-refractivity contribution in [3.8, 4) is 0 Å². The SMILES string of the molecule is CCC1C(=O)NC(=O)CN1C(=O)c1csc(NC(C)=O)n1. The molecule has 2 rings (SSSR count). The lowest BCUT2D eigenvalue weighted by molar-refractivity contribution is -0.138. The Balaban J connectivity index is 2.20. The smallest absolute Gasteiger partial charge is 0.274 e. The van der Waals surface area contributed by atoms with E-state index < -0.39 is 23.8 Å². The molecule has 9 heteroatoms. The Morgan fingerprint density at radius 2 is 2.24 bits per heavy atom. The highest BCUT2D eigenvalue weighted by molar-refractivity contribution is 7.14. The molecule has 2 N–H and O–H groups in total. The van der Waals surface area contributed by atoms with E-state index in [0.717, 1.165) is 11.3 Å². The molecule has 21 heavy (non-hydrogen) atoms. The maximum atomic E-state index is 12.4. The highest BCUT2D eigenvalue weighted by Gasteiger charge is 2.36. The summed E-state index contributed by atoms with van der Waals surface area (Å²) < 4.78 is 0. The zero-order valence-corrected chi connectivity index (χ0v) is 12.3. The molecule has 1 aromatic rings. The van der Waals surface area contributed by atoms with Crippen LogP contribution in [0, 0.1) is 0 Å². The van der Waals surface area contributed by atoms with E-state index in [9.17, 15) is 19.2 Å². The van der Waals surface area contributed by atoms with E-state index in [2.05, 4.69) is 15.6 Å². The van der Waals surface area contributed by atoms with Crippen LogP contribution in [0.3, 0.4) is 0 Å². The molecule has 0 bridgehead atoms. The number of thiazole rings is 1. The minimum Gasteiger partial charge on any atom is -0.316 e. The predicted molar refractivity (Wildman–Crippen MR) is 74.7 cm³/mol. The molecule has 0 aliphatic carbocycles. The molecule has 4 amide bonds. The summed E-state index contributed by atoms with van der Waals surface area (Å²) >= 11 is 1.10. The van der Waals surface area contributed by atoms with E-state index in [4.69, 9.17) is 0 Å². The van der Waals surface area contributed by atoms with Crippen LogP contribution >= 0.6 is 11.3 Å². The van der Waals surface area contributed by atoms with Crippen LogP contribution in [-0.2, 0) is 14.4 Å². The highest BCUT2D eigenvalue weighted by Crippen LogP contribution is 2.19. The van der Waals surface area contributed by atoms with Gasteiger partial charge in [-0.15, -0.1) is 11.3 Å². The van der Waals surface area contributed by atoms with Crippen molar-refractivity contribution in [3.63, 3.8) is 0 Å². The molecule has 0 spiro atoms. The molecule has 2 heterocycles. The number of rotatable bonds is 3. The predicted octanol–water partition coefficient (Wildman–Crippen LogP) is -0.0213. The first-order valence-electron chi connectivity index (χ1n) is 6.30. The fraction of sp³-hybridized carbons (Fsp3) is 0.417. The third-order valence-corrected chi connectivity index (χ3v) is 3.67. The average Bonchev–Trinajstić information content (AvgIpc) is 2.84. The topological polar surface area (TPSA) is 108 Å². The molecule has 112 valence electrons. The number of imide groups is 1. The zero-order valence-electron chi connectivity index (χ0n) is 11.5. The molecule has 1 saturated heterocycles. The Morgan fingerprint density at radius 3 is 2.86 bits per heavy atom. The second-order valence-electron chi connectivity index (χ2n) is 4.49. The summed E-state index contributed by atoms with van der Waals surface area (Å²) in [5, 5.41) is 6.46. The number of aromatic nitrogens is 1. The Morgan fingerprint density at radius 1 is 1.52 bits per heavy atom. The monoisotopic (exact) mass is 310 g/mol. The van der Waals surface area contributed by atoms with Gasteiger partial charge in [0.25, 0.3) is 5.91 Å². The zero-order chi connectivity index (χ0) is 15.6. The summed E-state index contributed by atoms with van der Waals surface area (Å²) in [6, 6.07) is -0.693. The van der Waals surface area contributed by atoms with Crippen LogP contribution in [0.15, 0.2) is 5.38 Å². The number of anilines is 1. The lowest BCUT2D eigenvalue weighted by atomic mass is 10.1. The first kappa shape index (κ1) is 15.1. The van der Waals surface area contributed by atoms with Gasteiger partial charge in [0.2, 0.25) is 17.7 Å². The minimum absolute atomic E-state index is 0.102. The van der Waals surface area contributed by atoms with Crippen LogP contribution in [0.4, 0.5) is 5.13 Å². The lowest BCUT2D eigenvalue weighted by Crippen LogP contribution is -2.59. The highest BCUT2D eigenvalue weighted by atomic mass is 32.1. The van der Waals surface area contributed by atoms with Gasteiger partial charge in [0.15, 0.2) is 5.13 Å². The molecule has 1 atom stereocenters.